The molecule has 19 heavy (non-hydrogen) atoms. The molecular formula is C18H23N. The minimum Gasteiger partial charge on any atom is -0.321 e. The minimum atomic E-state index is -0.151. The van der Waals surface area contributed by atoms with E-state index < -0.39 is 0 Å². The van der Waals surface area contributed by atoms with Gasteiger partial charge in [0.15, 0.2) is 0 Å². The first-order valence-electron chi connectivity index (χ1n) is 7.39. The molecule has 2 aromatic rings. The number of benzene rings is 2. The maximum atomic E-state index is 6.81. The second-order valence-corrected chi connectivity index (χ2v) is 6.26. The van der Waals surface area contributed by atoms with E-state index in [9.17, 15) is 0 Å². The van der Waals surface area contributed by atoms with Crippen LogP contribution in [0.2, 0.25) is 0 Å². The highest BCUT2D eigenvalue weighted by molar-refractivity contribution is 5.83. The van der Waals surface area contributed by atoms with Gasteiger partial charge in [-0.1, -0.05) is 63.1 Å². The van der Waals surface area contributed by atoms with Crippen LogP contribution in [0.1, 0.15) is 38.7 Å². The van der Waals surface area contributed by atoms with Crippen molar-refractivity contribution in [2.24, 2.45) is 17.6 Å². The van der Waals surface area contributed by atoms with Gasteiger partial charge in [-0.3, -0.25) is 0 Å². The van der Waals surface area contributed by atoms with Gasteiger partial charge in [0.1, 0.15) is 0 Å². The van der Waals surface area contributed by atoms with Crippen molar-refractivity contribution in [3.8, 4) is 0 Å². The lowest BCUT2D eigenvalue weighted by Gasteiger charge is -2.43. The molecule has 0 saturated heterocycles. The molecule has 1 aliphatic carbocycles. The van der Waals surface area contributed by atoms with Crippen LogP contribution in [-0.2, 0) is 5.54 Å². The Labute approximate surface area is 115 Å². The van der Waals surface area contributed by atoms with Gasteiger partial charge < -0.3 is 5.73 Å². The van der Waals surface area contributed by atoms with Crippen molar-refractivity contribution in [3.63, 3.8) is 0 Å². The van der Waals surface area contributed by atoms with E-state index in [1.54, 1.807) is 0 Å². The van der Waals surface area contributed by atoms with E-state index in [0.717, 1.165) is 6.42 Å². The Kier molecular flexibility index (Phi) is 3.10. The maximum Gasteiger partial charge on any atom is 0.0438 e. The van der Waals surface area contributed by atoms with Gasteiger partial charge >= 0.3 is 0 Å². The van der Waals surface area contributed by atoms with E-state index in [-0.39, 0.29) is 5.54 Å². The molecule has 2 aromatic carbocycles. The van der Waals surface area contributed by atoms with Crippen molar-refractivity contribution in [2.45, 2.75) is 38.6 Å². The summed E-state index contributed by atoms with van der Waals surface area (Å²) in [7, 11) is 0. The lowest BCUT2D eigenvalue weighted by Crippen LogP contribution is -2.48. The summed E-state index contributed by atoms with van der Waals surface area (Å²) in [6, 6.07) is 15.3. The van der Waals surface area contributed by atoms with Gasteiger partial charge in [0.2, 0.25) is 0 Å². The molecule has 1 fully saturated rings. The number of hydrogen-bond donors (Lipinski definition) is 1. The fourth-order valence-corrected chi connectivity index (χ4v) is 3.59. The Bertz CT molecular complexity index is 589. The van der Waals surface area contributed by atoms with Crippen LogP contribution in [-0.4, -0.2) is 0 Å². The normalized spacial score (nSPS) is 31.5. The van der Waals surface area contributed by atoms with Crippen LogP contribution in [0.3, 0.4) is 0 Å². The first-order chi connectivity index (χ1) is 9.11. The fourth-order valence-electron chi connectivity index (χ4n) is 3.59. The average molecular weight is 253 g/mol. The zero-order valence-corrected chi connectivity index (χ0v) is 11.9. The smallest absolute Gasteiger partial charge is 0.0438 e. The van der Waals surface area contributed by atoms with E-state index in [1.807, 2.05) is 0 Å². The Morgan fingerprint density at radius 1 is 1.05 bits per heavy atom. The summed E-state index contributed by atoms with van der Waals surface area (Å²) in [6.45, 7) is 4.66. The summed E-state index contributed by atoms with van der Waals surface area (Å²) in [5.41, 5.74) is 7.96. The monoisotopic (exact) mass is 253 g/mol. The Morgan fingerprint density at radius 2 is 1.79 bits per heavy atom. The summed E-state index contributed by atoms with van der Waals surface area (Å²) in [5.74, 6) is 1.26. The summed E-state index contributed by atoms with van der Waals surface area (Å²) >= 11 is 0. The van der Waals surface area contributed by atoms with Crippen LogP contribution in [0.15, 0.2) is 42.5 Å². The Hall–Kier alpha value is -1.34. The van der Waals surface area contributed by atoms with Crippen molar-refractivity contribution in [1.82, 2.24) is 0 Å². The average Bonchev–Trinajstić information content (AvgIpc) is 2.44. The van der Waals surface area contributed by atoms with Crippen LogP contribution < -0.4 is 5.73 Å². The van der Waals surface area contributed by atoms with E-state index in [4.69, 9.17) is 5.73 Å². The van der Waals surface area contributed by atoms with E-state index in [0.29, 0.717) is 11.8 Å². The fraction of sp³-hybridized carbons (Fsp3) is 0.444. The van der Waals surface area contributed by atoms with Gasteiger partial charge in [-0.15, -0.1) is 0 Å². The van der Waals surface area contributed by atoms with Crippen LogP contribution in [0.5, 0.6) is 0 Å². The second kappa shape index (κ2) is 4.64. The van der Waals surface area contributed by atoms with Crippen LogP contribution in [0.4, 0.5) is 0 Å². The number of nitrogens with two attached hydrogens (primary N) is 1. The van der Waals surface area contributed by atoms with Crippen molar-refractivity contribution in [1.29, 1.82) is 0 Å². The molecule has 3 atom stereocenters. The molecule has 0 aromatic heterocycles. The summed E-state index contributed by atoms with van der Waals surface area (Å²) in [6.07, 6.45) is 3.67. The van der Waals surface area contributed by atoms with Crippen molar-refractivity contribution in [3.05, 3.63) is 48.0 Å². The van der Waals surface area contributed by atoms with Crippen LogP contribution >= 0.6 is 0 Å². The minimum absolute atomic E-state index is 0.151. The van der Waals surface area contributed by atoms with E-state index in [1.165, 1.54) is 29.2 Å². The lowest BCUT2D eigenvalue weighted by atomic mass is 9.66. The largest absolute Gasteiger partial charge is 0.321 e. The summed E-state index contributed by atoms with van der Waals surface area (Å²) in [5, 5.41) is 2.60. The molecule has 1 saturated carbocycles. The zero-order valence-electron chi connectivity index (χ0n) is 11.9. The van der Waals surface area contributed by atoms with Crippen molar-refractivity contribution < 1.29 is 0 Å². The van der Waals surface area contributed by atoms with Crippen molar-refractivity contribution >= 4 is 10.8 Å². The molecule has 0 bridgehead atoms. The van der Waals surface area contributed by atoms with Crippen LogP contribution in [0, 0.1) is 11.8 Å². The lowest BCUT2D eigenvalue weighted by molar-refractivity contribution is 0.144. The highest BCUT2D eigenvalue weighted by Gasteiger charge is 2.39. The molecule has 0 radical (unpaired) electrons. The predicted octanol–water partition coefficient (Wildman–Crippen LogP) is 4.45. The number of rotatable bonds is 1. The molecule has 0 spiro atoms. The molecule has 100 valence electrons. The highest BCUT2D eigenvalue weighted by atomic mass is 14.8. The SMILES string of the molecule is CC1CCCC(N)(c2ccc3ccccc3c2)C1C. The van der Waals surface area contributed by atoms with Crippen LogP contribution in [0.25, 0.3) is 10.8 Å². The summed E-state index contributed by atoms with van der Waals surface area (Å²) in [4.78, 5) is 0. The van der Waals surface area contributed by atoms with Gasteiger partial charge in [-0.05, 0) is 40.7 Å². The number of hydrogen-bond acceptors (Lipinski definition) is 1. The first kappa shape index (κ1) is 12.7. The standard InChI is InChI=1S/C18H23N/c1-13-6-5-11-18(19,14(13)2)17-10-9-15-7-3-4-8-16(15)12-17/h3-4,7-10,12-14H,5-6,11,19H2,1-2H3. The molecule has 3 unspecified atom stereocenters. The maximum absolute atomic E-state index is 6.81. The molecule has 0 heterocycles. The van der Waals surface area contributed by atoms with Gasteiger partial charge in [0.05, 0.1) is 0 Å². The second-order valence-electron chi connectivity index (χ2n) is 6.26. The molecule has 1 heteroatoms. The molecule has 2 N–H and O–H groups in total. The van der Waals surface area contributed by atoms with E-state index in [2.05, 4.69) is 56.3 Å². The third kappa shape index (κ3) is 2.06. The third-order valence-electron chi connectivity index (χ3n) is 5.20. The topological polar surface area (TPSA) is 26.0 Å². The predicted molar refractivity (Wildman–Crippen MR) is 82.0 cm³/mol. The van der Waals surface area contributed by atoms with Crippen molar-refractivity contribution in [2.75, 3.05) is 0 Å². The van der Waals surface area contributed by atoms with Gasteiger partial charge in [-0.2, -0.15) is 0 Å². The first-order valence-corrected chi connectivity index (χ1v) is 7.39. The quantitative estimate of drug-likeness (QED) is 0.798. The van der Waals surface area contributed by atoms with Gasteiger partial charge in [0, 0.05) is 5.54 Å². The highest BCUT2D eigenvalue weighted by Crippen LogP contribution is 2.43. The molecule has 1 nitrogen and oxygen atoms in total. The van der Waals surface area contributed by atoms with Gasteiger partial charge in [-0.25, -0.2) is 0 Å². The van der Waals surface area contributed by atoms with E-state index >= 15 is 0 Å². The summed E-state index contributed by atoms with van der Waals surface area (Å²) < 4.78 is 0. The Morgan fingerprint density at radius 3 is 2.58 bits per heavy atom. The number of fused-ring (bicyclic) bond motifs is 1. The Balaban J connectivity index is 2.07. The molecule has 1 aliphatic rings. The molecule has 0 amide bonds. The zero-order chi connectivity index (χ0) is 13.5. The van der Waals surface area contributed by atoms with Gasteiger partial charge in [0.25, 0.3) is 0 Å². The molecular weight excluding hydrogens is 230 g/mol. The molecule has 3 rings (SSSR count). The third-order valence-corrected chi connectivity index (χ3v) is 5.20. The molecule has 0 aliphatic heterocycles.